The van der Waals surface area contributed by atoms with E-state index >= 15 is 0 Å². The first-order valence-corrected chi connectivity index (χ1v) is 8.71. The molecule has 2 aromatic rings. The van der Waals surface area contributed by atoms with E-state index in [0.717, 1.165) is 23.7 Å². The van der Waals surface area contributed by atoms with Crippen LogP contribution in [-0.4, -0.2) is 25.9 Å². The second kappa shape index (κ2) is 7.58. The molecule has 1 aliphatic heterocycles. The SMILES string of the molecule is CCOCC1COc2ccccc2N1Sc1ccccc1C(F)(F)F. The summed E-state index contributed by atoms with van der Waals surface area (Å²) in [6.07, 6.45) is -4.40. The lowest BCUT2D eigenvalue weighted by Gasteiger charge is -2.37. The summed E-state index contributed by atoms with van der Waals surface area (Å²) in [7, 11) is 0. The van der Waals surface area contributed by atoms with Crippen molar-refractivity contribution in [3.05, 3.63) is 54.1 Å². The van der Waals surface area contributed by atoms with Gasteiger partial charge < -0.3 is 9.47 Å². The van der Waals surface area contributed by atoms with Gasteiger partial charge in [-0.25, -0.2) is 0 Å². The van der Waals surface area contributed by atoms with Crippen LogP contribution in [-0.2, 0) is 10.9 Å². The maximum absolute atomic E-state index is 13.3. The van der Waals surface area contributed by atoms with Crippen molar-refractivity contribution in [2.75, 3.05) is 24.1 Å². The van der Waals surface area contributed by atoms with Crippen molar-refractivity contribution >= 4 is 17.6 Å². The molecule has 0 aromatic heterocycles. The molecule has 0 aliphatic carbocycles. The summed E-state index contributed by atoms with van der Waals surface area (Å²) in [5.74, 6) is 0.659. The highest BCUT2D eigenvalue weighted by atomic mass is 32.2. The normalized spacial score (nSPS) is 17.1. The van der Waals surface area contributed by atoms with E-state index in [4.69, 9.17) is 9.47 Å². The van der Waals surface area contributed by atoms with E-state index < -0.39 is 11.7 Å². The Balaban J connectivity index is 1.95. The van der Waals surface area contributed by atoms with Gasteiger partial charge in [0.2, 0.25) is 0 Å². The van der Waals surface area contributed by atoms with Crippen LogP contribution in [0.3, 0.4) is 0 Å². The fourth-order valence-corrected chi connectivity index (χ4v) is 3.74. The Kier molecular flexibility index (Phi) is 5.44. The monoisotopic (exact) mass is 369 g/mol. The van der Waals surface area contributed by atoms with Gasteiger partial charge in [-0.15, -0.1) is 0 Å². The predicted molar refractivity (Wildman–Crippen MR) is 92.0 cm³/mol. The molecule has 0 amide bonds. The van der Waals surface area contributed by atoms with E-state index in [2.05, 4.69) is 0 Å². The number of nitrogens with zero attached hydrogens (tertiary/aromatic N) is 1. The van der Waals surface area contributed by atoms with Crippen molar-refractivity contribution in [2.45, 2.75) is 24.0 Å². The highest BCUT2D eigenvalue weighted by molar-refractivity contribution is 8.00. The molecule has 0 saturated carbocycles. The molecule has 3 nitrogen and oxygen atoms in total. The van der Waals surface area contributed by atoms with Gasteiger partial charge in [-0.2, -0.15) is 13.2 Å². The lowest BCUT2D eigenvalue weighted by Crippen LogP contribution is -2.42. The Morgan fingerprint density at radius 1 is 1.16 bits per heavy atom. The van der Waals surface area contributed by atoms with Gasteiger partial charge in [-0.05, 0) is 43.1 Å². The Hall–Kier alpha value is -1.86. The van der Waals surface area contributed by atoms with Crippen molar-refractivity contribution in [2.24, 2.45) is 0 Å². The zero-order valence-corrected chi connectivity index (χ0v) is 14.4. The highest BCUT2D eigenvalue weighted by Crippen LogP contribution is 2.44. The predicted octanol–water partition coefficient (Wildman–Crippen LogP) is 5.02. The van der Waals surface area contributed by atoms with Crippen LogP contribution < -0.4 is 9.04 Å². The van der Waals surface area contributed by atoms with E-state index in [1.807, 2.05) is 35.5 Å². The van der Waals surface area contributed by atoms with Crippen LogP contribution in [0, 0.1) is 0 Å². The molecule has 1 heterocycles. The average molecular weight is 369 g/mol. The van der Waals surface area contributed by atoms with Crippen LogP contribution in [0.15, 0.2) is 53.4 Å². The second-order valence-corrected chi connectivity index (χ2v) is 6.52. The molecule has 0 N–H and O–H groups in total. The first kappa shape index (κ1) is 17.9. The van der Waals surface area contributed by atoms with Crippen LogP contribution >= 0.6 is 11.9 Å². The van der Waals surface area contributed by atoms with Crippen LogP contribution in [0.1, 0.15) is 12.5 Å². The molecule has 0 bridgehead atoms. The molecule has 1 atom stereocenters. The molecule has 0 spiro atoms. The number of halogens is 3. The molecular weight excluding hydrogens is 351 g/mol. The number of benzene rings is 2. The number of rotatable bonds is 5. The van der Waals surface area contributed by atoms with E-state index in [9.17, 15) is 13.2 Å². The second-order valence-electron chi connectivity index (χ2n) is 5.50. The maximum atomic E-state index is 13.3. The lowest BCUT2D eigenvalue weighted by atomic mass is 10.2. The number of anilines is 1. The van der Waals surface area contributed by atoms with Gasteiger partial charge in [-0.1, -0.05) is 24.3 Å². The van der Waals surface area contributed by atoms with E-state index in [1.54, 1.807) is 6.07 Å². The zero-order valence-electron chi connectivity index (χ0n) is 13.6. The largest absolute Gasteiger partial charge is 0.489 e. The molecule has 1 unspecified atom stereocenters. The number of para-hydroxylation sites is 2. The molecule has 134 valence electrons. The van der Waals surface area contributed by atoms with Crippen LogP contribution in [0.2, 0.25) is 0 Å². The van der Waals surface area contributed by atoms with Crippen LogP contribution in [0.5, 0.6) is 5.75 Å². The van der Waals surface area contributed by atoms with Gasteiger partial charge in [0, 0.05) is 11.5 Å². The minimum atomic E-state index is -4.40. The molecule has 0 radical (unpaired) electrons. The molecule has 25 heavy (non-hydrogen) atoms. The van der Waals surface area contributed by atoms with E-state index in [1.165, 1.54) is 12.1 Å². The quantitative estimate of drug-likeness (QED) is 0.690. The number of hydrogen-bond donors (Lipinski definition) is 0. The van der Waals surface area contributed by atoms with Gasteiger partial charge >= 0.3 is 6.18 Å². The Labute approximate surface area is 148 Å². The van der Waals surface area contributed by atoms with Gasteiger partial charge in [0.25, 0.3) is 0 Å². The number of hydrogen-bond acceptors (Lipinski definition) is 4. The smallest absolute Gasteiger partial charge is 0.417 e. The summed E-state index contributed by atoms with van der Waals surface area (Å²) >= 11 is 1.07. The summed E-state index contributed by atoms with van der Waals surface area (Å²) in [4.78, 5) is 0.160. The Bertz CT molecular complexity index is 723. The average Bonchev–Trinajstić information content (AvgIpc) is 2.60. The molecule has 2 aromatic carbocycles. The van der Waals surface area contributed by atoms with Crippen molar-refractivity contribution in [1.29, 1.82) is 0 Å². The minimum absolute atomic E-state index is 0.160. The first-order chi connectivity index (χ1) is 12.0. The zero-order chi connectivity index (χ0) is 17.9. The standard InChI is InChI=1S/C18H18F3NO2S/c1-2-23-11-13-12-24-16-9-5-4-8-15(16)22(13)25-17-10-6-3-7-14(17)18(19,20)21/h3-10,13H,2,11-12H2,1H3. The topological polar surface area (TPSA) is 21.7 Å². The summed E-state index contributed by atoms with van der Waals surface area (Å²) < 4.78 is 53.0. The molecule has 7 heteroatoms. The number of alkyl halides is 3. The summed E-state index contributed by atoms with van der Waals surface area (Å²) in [5.41, 5.74) is 0.111. The summed E-state index contributed by atoms with van der Waals surface area (Å²) in [5, 5.41) is 0. The van der Waals surface area contributed by atoms with Crippen molar-refractivity contribution < 1.29 is 22.6 Å². The fourth-order valence-electron chi connectivity index (χ4n) is 2.59. The Morgan fingerprint density at radius 3 is 2.64 bits per heavy atom. The van der Waals surface area contributed by atoms with Gasteiger partial charge in [-0.3, -0.25) is 4.31 Å². The van der Waals surface area contributed by atoms with Crippen LogP contribution in [0.4, 0.5) is 18.9 Å². The van der Waals surface area contributed by atoms with Crippen molar-refractivity contribution in [1.82, 2.24) is 0 Å². The highest BCUT2D eigenvalue weighted by Gasteiger charge is 2.36. The van der Waals surface area contributed by atoms with Gasteiger partial charge in [0.15, 0.2) is 0 Å². The number of fused-ring (bicyclic) bond motifs is 1. The third-order valence-electron chi connectivity index (χ3n) is 3.77. The van der Waals surface area contributed by atoms with E-state index in [0.29, 0.717) is 25.6 Å². The third kappa shape index (κ3) is 4.04. The van der Waals surface area contributed by atoms with E-state index in [-0.39, 0.29) is 10.9 Å². The molecular formula is C18H18F3NO2S. The maximum Gasteiger partial charge on any atom is 0.417 e. The molecule has 1 aliphatic rings. The summed E-state index contributed by atoms with van der Waals surface area (Å²) in [6, 6.07) is 12.8. The minimum Gasteiger partial charge on any atom is -0.489 e. The van der Waals surface area contributed by atoms with Crippen molar-refractivity contribution in [3.63, 3.8) is 0 Å². The van der Waals surface area contributed by atoms with Crippen LogP contribution in [0.25, 0.3) is 0 Å². The lowest BCUT2D eigenvalue weighted by molar-refractivity contribution is -0.139. The van der Waals surface area contributed by atoms with Crippen molar-refractivity contribution in [3.8, 4) is 5.75 Å². The molecule has 0 fully saturated rings. The first-order valence-electron chi connectivity index (χ1n) is 7.93. The number of ether oxygens (including phenoxy) is 2. The Morgan fingerprint density at radius 2 is 1.88 bits per heavy atom. The molecule has 3 rings (SSSR count). The third-order valence-corrected chi connectivity index (χ3v) is 5.01. The fraction of sp³-hybridized carbons (Fsp3) is 0.333. The molecule has 0 saturated heterocycles. The van der Waals surface area contributed by atoms with Gasteiger partial charge in [0.1, 0.15) is 12.4 Å². The van der Waals surface area contributed by atoms with Gasteiger partial charge in [0.05, 0.1) is 23.9 Å². The summed E-state index contributed by atoms with van der Waals surface area (Å²) in [6.45, 7) is 3.16.